The highest BCUT2D eigenvalue weighted by Gasteiger charge is 2.29. The van der Waals surface area contributed by atoms with Crippen molar-refractivity contribution in [3.8, 4) is 0 Å². The normalized spacial score (nSPS) is 13.4. The summed E-state index contributed by atoms with van der Waals surface area (Å²) >= 11 is 0. The molecule has 2 amide bonds. The molecule has 0 aromatic heterocycles. The molecule has 1 rings (SSSR count). The second-order valence-corrected chi connectivity index (χ2v) is 5.28. The SMILES string of the molecule is CCC(C)(CN)C(=O)Nc1ccc(C)c(NC(C)=O)c1. The van der Waals surface area contributed by atoms with Crippen LogP contribution in [0.25, 0.3) is 0 Å². The molecular weight excluding hydrogens is 254 g/mol. The van der Waals surface area contributed by atoms with Crippen LogP contribution in [0.2, 0.25) is 0 Å². The minimum atomic E-state index is -0.584. The molecular formula is C15H23N3O2. The summed E-state index contributed by atoms with van der Waals surface area (Å²) in [5.74, 6) is -0.253. The van der Waals surface area contributed by atoms with Gasteiger partial charge in [-0.3, -0.25) is 9.59 Å². The molecule has 0 saturated carbocycles. The molecule has 5 heteroatoms. The Morgan fingerprint density at radius 2 is 1.95 bits per heavy atom. The van der Waals surface area contributed by atoms with Crippen molar-refractivity contribution in [1.29, 1.82) is 0 Å². The van der Waals surface area contributed by atoms with Crippen LogP contribution in [0.3, 0.4) is 0 Å². The second kappa shape index (κ2) is 6.52. The lowest BCUT2D eigenvalue weighted by atomic mass is 9.86. The molecule has 0 aliphatic heterocycles. The number of amides is 2. The molecule has 110 valence electrons. The zero-order valence-corrected chi connectivity index (χ0v) is 12.5. The Labute approximate surface area is 119 Å². The number of carbonyl (C=O) groups excluding carboxylic acids is 2. The van der Waals surface area contributed by atoms with Crippen molar-refractivity contribution < 1.29 is 9.59 Å². The van der Waals surface area contributed by atoms with E-state index in [2.05, 4.69) is 10.6 Å². The van der Waals surface area contributed by atoms with Crippen LogP contribution >= 0.6 is 0 Å². The van der Waals surface area contributed by atoms with Gasteiger partial charge in [0.25, 0.3) is 0 Å². The standard InChI is InChI=1S/C15H23N3O2/c1-5-15(4,9-16)14(20)18-12-7-6-10(2)13(8-12)17-11(3)19/h6-8H,5,9,16H2,1-4H3,(H,17,19)(H,18,20). The first kappa shape index (κ1) is 16.2. The first-order valence-corrected chi connectivity index (χ1v) is 6.72. The van der Waals surface area contributed by atoms with E-state index < -0.39 is 5.41 Å². The Bertz CT molecular complexity index is 508. The maximum absolute atomic E-state index is 12.2. The van der Waals surface area contributed by atoms with Gasteiger partial charge < -0.3 is 16.4 Å². The highest BCUT2D eigenvalue weighted by Crippen LogP contribution is 2.24. The van der Waals surface area contributed by atoms with Crippen molar-refractivity contribution in [2.75, 3.05) is 17.2 Å². The largest absolute Gasteiger partial charge is 0.329 e. The minimum Gasteiger partial charge on any atom is -0.329 e. The molecule has 20 heavy (non-hydrogen) atoms. The predicted molar refractivity (Wildman–Crippen MR) is 81.6 cm³/mol. The maximum atomic E-state index is 12.2. The summed E-state index contributed by atoms with van der Waals surface area (Å²) in [4.78, 5) is 23.4. The molecule has 0 aliphatic rings. The zero-order chi connectivity index (χ0) is 15.3. The fraction of sp³-hybridized carbons (Fsp3) is 0.467. The first-order chi connectivity index (χ1) is 9.32. The molecule has 0 spiro atoms. The van der Waals surface area contributed by atoms with E-state index in [-0.39, 0.29) is 11.8 Å². The molecule has 4 N–H and O–H groups in total. The van der Waals surface area contributed by atoms with Crippen molar-refractivity contribution in [3.05, 3.63) is 23.8 Å². The smallest absolute Gasteiger partial charge is 0.231 e. The van der Waals surface area contributed by atoms with E-state index in [0.29, 0.717) is 24.3 Å². The van der Waals surface area contributed by atoms with Crippen LogP contribution < -0.4 is 16.4 Å². The molecule has 0 fully saturated rings. The van der Waals surface area contributed by atoms with E-state index in [1.54, 1.807) is 6.07 Å². The summed E-state index contributed by atoms with van der Waals surface area (Å²) in [6.45, 7) is 7.41. The number of hydrogen-bond acceptors (Lipinski definition) is 3. The monoisotopic (exact) mass is 277 g/mol. The third kappa shape index (κ3) is 3.81. The summed E-state index contributed by atoms with van der Waals surface area (Å²) < 4.78 is 0. The number of carbonyl (C=O) groups is 2. The van der Waals surface area contributed by atoms with Crippen LogP contribution in [0, 0.1) is 12.3 Å². The van der Waals surface area contributed by atoms with Gasteiger partial charge in [-0.2, -0.15) is 0 Å². The van der Waals surface area contributed by atoms with Crippen LogP contribution in [0.5, 0.6) is 0 Å². The quantitative estimate of drug-likeness (QED) is 0.772. The van der Waals surface area contributed by atoms with Gasteiger partial charge in [0.05, 0.1) is 5.41 Å². The van der Waals surface area contributed by atoms with Crippen LogP contribution in [-0.2, 0) is 9.59 Å². The zero-order valence-electron chi connectivity index (χ0n) is 12.5. The molecule has 1 unspecified atom stereocenters. The Balaban J connectivity index is 2.93. The van der Waals surface area contributed by atoms with Crippen LogP contribution in [0.4, 0.5) is 11.4 Å². The van der Waals surface area contributed by atoms with Crippen LogP contribution in [0.15, 0.2) is 18.2 Å². The fourth-order valence-corrected chi connectivity index (χ4v) is 1.70. The minimum absolute atomic E-state index is 0.111. The van der Waals surface area contributed by atoms with Crippen LogP contribution in [-0.4, -0.2) is 18.4 Å². The van der Waals surface area contributed by atoms with Gasteiger partial charge in [-0.25, -0.2) is 0 Å². The van der Waals surface area contributed by atoms with Gasteiger partial charge in [0.15, 0.2) is 0 Å². The molecule has 1 aromatic rings. The fourth-order valence-electron chi connectivity index (χ4n) is 1.70. The summed E-state index contributed by atoms with van der Waals surface area (Å²) in [7, 11) is 0. The average Bonchev–Trinajstić information content (AvgIpc) is 2.41. The number of anilines is 2. The summed E-state index contributed by atoms with van der Waals surface area (Å²) in [5, 5.41) is 5.59. The van der Waals surface area contributed by atoms with E-state index in [4.69, 9.17) is 5.73 Å². The van der Waals surface area contributed by atoms with E-state index in [1.807, 2.05) is 32.9 Å². The average molecular weight is 277 g/mol. The molecule has 1 aromatic carbocycles. The molecule has 0 radical (unpaired) electrons. The van der Waals surface area contributed by atoms with Crippen LogP contribution in [0.1, 0.15) is 32.8 Å². The molecule has 1 atom stereocenters. The number of hydrogen-bond donors (Lipinski definition) is 3. The number of nitrogens with one attached hydrogen (secondary N) is 2. The number of nitrogens with two attached hydrogens (primary N) is 1. The lowest BCUT2D eigenvalue weighted by molar-refractivity contribution is -0.124. The van der Waals surface area contributed by atoms with Crippen molar-refractivity contribution >= 4 is 23.2 Å². The lowest BCUT2D eigenvalue weighted by Crippen LogP contribution is -2.39. The Morgan fingerprint density at radius 3 is 2.45 bits per heavy atom. The topological polar surface area (TPSA) is 84.2 Å². The van der Waals surface area contributed by atoms with Gasteiger partial charge in [0.1, 0.15) is 0 Å². The highest BCUT2D eigenvalue weighted by molar-refractivity contribution is 5.96. The van der Waals surface area contributed by atoms with Gasteiger partial charge >= 0.3 is 0 Å². The Hall–Kier alpha value is -1.88. The molecule has 0 heterocycles. The highest BCUT2D eigenvalue weighted by atomic mass is 16.2. The molecule has 0 bridgehead atoms. The molecule has 0 aliphatic carbocycles. The predicted octanol–water partition coefficient (Wildman–Crippen LogP) is 2.27. The summed E-state index contributed by atoms with van der Waals surface area (Å²) in [6.07, 6.45) is 0.666. The summed E-state index contributed by atoms with van der Waals surface area (Å²) in [6, 6.07) is 5.42. The first-order valence-electron chi connectivity index (χ1n) is 6.72. The number of rotatable bonds is 5. The van der Waals surface area contributed by atoms with Crippen molar-refractivity contribution in [3.63, 3.8) is 0 Å². The van der Waals surface area contributed by atoms with E-state index >= 15 is 0 Å². The van der Waals surface area contributed by atoms with Gasteiger partial charge in [-0.1, -0.05) is 13.0 Å². The molecule has 5 nitrogen and oxygen atoms in total. The van der Waals surface area contributed by atoms with E-state index in [9.17, 15) is 9.59 Å². The molecule has 0 saturated heterocycles. The lowest BCUT2D eigenvalue weighted by Gasteiger charge is -2.25. The second-order valence-electron chi connectivity index (χ2n) is 5.28. The van der Waals surface area contributed by atoms with Crippen molar-refractivity contribution in [1.82, 2.24) is 0 Å². The number of benzene rings is 1. The van der Waals surface area contributed by atoms with Crippen molar-refractivity contribution in [2.24, 2.45) is 11.1 Å². The van der Waals surface area contributed by atoms with Gasteiger partial charge in [-0.15, -0.1) is 0 Å². The maximum Gasteiger partial charge on any atom is 0.231 e. The third-order valence-electron chi connectivity index (χ3n) is 3.59. The van der Waals surface area contributed by atoms with E-state index in [1.165, 1.54) is 6.92 Å². The summed E-state index contributed by atoms with van der Waals surface area (Å²) in [5.41, 5.74) is 7.38. The van der Waals surface area contributed by atoms with Gasteiger partial charge in [0, 0.05) is 24.8 Å². The van der Waals surface area contributed by atoms with Gasteiger partial charge in [0.2, 0.25) is 11.8 Å². The Kier molecular flexibility index (Phi) is 5.27. The third-order valence-corrected chi connectivity index (χ3v) is 3.59. The Morgan fingerprint density at radius 1 is 1.30 bits per heavy atom. The number of aryl methyl sites for hydroxylation is 1. The van der Waals surface area contributed by atoms with E-state index in [0.717, 1.165) is 5.56 Å². The van der Waals surface area contributed by atoms with Crippen molar-refractivity contribution in [2.45, 2.75) is 34.1 Å². The van der Waals surface area contributed by atoms with Gasteiger partial charge in [-0.05, 0) is 38.0 Å².